The number of alkyl halides is 3. The van der Waals surface area contributed by atoms with Gasteiger partial charge in [-0.3, -0.25) is 0 Å². The van der Waals surface area contributed by atoms with E-state index in [2.05, 4.69) is 0 Å². The van der Waals surface area contributed by atoms with Gasteiger partial charge in [0.25, 0.3) is 0 Å². The summed E-state index contributed by atoms with van der Waals surface area (Å²) in [5, 5.41) is 0.328. The fourth-order valence-corrected chi connectivity index (χ4v) is 2.96. The molecule has 0 aromatic heterocycles. The molecule has 0 aliphatic rings. The van der Waals surface area contributed by atoms with E-state index in [4.69, 9.17) is 0 Å². The molecule has 0 aliphatic heterocycles. The topological polar surface area (TPSA) is 0 Å². The smallest absolute Gasteiger partial charge is 0.166 e. The molecule has 0 amide bonds. The van der Waals surface area contributed by atoms with E-state index < -0.39 is 19.7 Å². The van der Waals surface area contributed by atoms with Crippen LogP contribution in [0.15, 0.2) is 24.3 Å². The van der Waals surface area contributed by atoms with Gasteiger partial charge in [-0.1, -0.05) is 46.9 Å². The van der Waals surface area contributed by atoms with Gasteiger partial charge in [0.15, 0.2) is 0 Å². The Morgan fingerprint density at radius 1 is 1.00 bits per heavy atom. The van der Waals surface area contributed by atoms with Gasteiger partial charge in [0.2, 0.25) is 0 Å². The monoisotopic (exact) mass is 248 g/mol. The van der Waals surface area contributed by atoms with Crippen molar-refractivity contribution in [2.45, 2.75) is 32.1 Å². The van der Waals surface area contributed by atoms with Crippen molar-refractivity contribution in [3.05, 3.63) is 29.8 Å². The first-order valence-corrected chi connectivity index (χ1v) is 6.83. The molecule has 90 valence electrons. The van der Waals surface area contributed by atoms with Crippen LogP contribution in [0, 0.1) is 0 Å². The average Bonchev–Trinajstić information content (AvgIpc) is 2.14. The lowest BCUT2D eigenvalue weighted by Gasteiger charge is -2.30. The summed E-state index contributed by atoms with van der Waals surface area (Å²) in [5.41, 5.74) is -0.487. The third-order valence-corrected chi connectivity index (χ3v) is 5.70. The Balaban J connectivity index is 3.25. The molecule has 0 radical (unpaired) electrons. The number of hydrogen-bond acceptors (Lipinski definition) is 0. The predicted molar refractivity (Wildman–Crippen MR) is 63.7 cm³/mol. The summed E-state index contributed by atoms with van der Waals surface area (Å²) in [6.07, 6.45) is -4.25. The molecule has 0 saturated carbocycles. The van der Waals surface area contributed by atoms with Crippen LogP contribution in [0.5, 0.6) is 0 Å². The molecule has 0 bridgehead atoms. The Morgan fingerprint density at radius 3 is 1.94 bits per heavy atom. The SMILES string of the molecule is CP(c1ccccc1C(F)(F)F)C(C)(C)C. The highest BCUT2D eigenvalue weighted by molar-refractivity contribution is 7.66. The van der Waals surface area contributed by atoms with Crippen molar-refractivity contribution in [1.82, 2.24) is 0 Å². The normalized spacial score (nSPS) is 14.9. The largest absolute Gasteiger partial charge is 0.417 e. The van der Waals surface area contributed by atoms with Gasteiger partial charge < -0.3 is 0 Å². The van der Waals surface area contributed by atoms with Crippen LogP contribution >= 0.6 is 7.92 Å². The van der Waals surface area contributed by atoms with Crippen LogP contribution in [-0.4, -0.2) is 11.8 Å². The highest BCUT2D eigenvalue weighted by atomic mass is 31.1. The van der Waals surface area contributed by atoms with E-state index in [1.54, 1.807) is 12.1 Å². The van der Waals surface area contributed by atoms with Gasteiger partial charge in [0, 0.05) is 0 Å². The molecule has 1 atom stereocenters. The standard InChI is InChI=1S/C12H16F3P/c1-11(2,3)16(4)10-8-6-5-7-9(10)12(13,14)15/h5-8H,1-4H3. The highest BCUT2D eigenvalue weighted by Gasteiger charge is 2.36. The van der Waals surface area contributed by atoms with E-state index in [1.807, 2.05) is 27.4 Å². The summed E-state index contributed by atoms with van der Waals surface area (Å²) in [7, 11) is -0.822. The minimum atomic E-state index is -4.25. The Kier molecular flexibility index (Phi) is 3.69. The first kappa shape index (κ1) is 13.5. The third kappa shape index (κ3) is 2.98. The number of hydrogen-bond donors (Lipinski definition) is 0. The summed E-state index contributed by atoms with van der Waals surface area (Å²) in [5.74, 6) is 0. The molecule has 0 saturated heterocycles. The fourth-order valence-electron chi connectivity index (χ4n) is 1.37. The average molecular weight is 248 g/mol. The molecule has 0 fully saturated rings. The number of benzene rings is 1. The van der Waals surface area contributed by atoms with Gasteiger partial charge in [-0.05, 0) is 23.2 Å². The van der Waals surface area contributed by atoms with Crippen molar-refractivity contribution in [2.75, 3.05) is 6.66 Å². The second-order valence-corrected chi connectivity index (χ2v) is 7.69. The summed E-state index contributed by atoms with van der Waals surface area (Å²) in [6, 6.07) is 5.88. The van der Waals surface area contributed by atoms with E-state index in [0.717, 1.165) is 0 Å². The summed E-state index contributed by atoms with van der Waals surface area (Å²) < 4.78 is 38.4. The van der Waals surface area contributed by atoms with Crippen molar-refractivity contribution in [1.29, 1.82) is 0 Å². The molecule has 0 N–H and O–H groups in total. The van der Waals surface area contributed by atoms with E-state index in [0.29, 0.717) is 5.30 Å². The van der Waals surface area contributed by atoms with Gasteiger partial charge in [-0.25, -0.2) is 0 Å². The number of rotatable bonds is 1. The zero-order valence-electron chi connectivity index (χ0n) is 9.89. The molecule has 0 nitrogen and oxygen atoms in total. The minimum absolute atomic E-state index is 0.114. The molecule has 4 heteroatoms. The second-order valence-electron chi connectivity index (χ2n) is 4.74. The maximum Gasteiger partial charge on any atom is 0.417 e. The lowest BCUT2D eigenvalue weighted by Crippen LogP contribution is -2.24. The lowest BCUT2D eigenvalue weighted by molar-refractivity contribution is -0.136. The molecule has 1 aromatic rings. The van der Waals surface area contributed by atoms with Gasteiger partial charge >= 0.3 is 6.18 Å². The van der Waals surface area contributed by atoms with Crippen LogP contribution in [0.25, 0.3) is 0 Å². The van der Waals surface area contributed by atoms with Crippen molar-refractivity contribution < 1.29 is 13.2 Å². The van der Waals surface area contributed by atoms with Crippen LogP contribution in [-0.2, 0) is 6.18 Å². The Bertz CT molecular complexity index is 363. The van der Waals surface area contributed by atoms with E-state index in [1.165, 1.54) is 12.1 Å². The summed E-state index contributed by atoms with van der Waals surface area (Å²) in [4.78, 5) is 0. The van der Waals surface area contributed by atoms with Crippen molar-refractivity contribution in [3.8, 4) is 0 Å². The summed E-state index contributed by atoms with van der Waals surface area (Å²) >= 11 is 0. The maximum absolute atomic E-state index is 12.8. The molecular formula is C12H16F3P. The van der Waals surface area contributed by atoms with Crippen LogP contribution < -0.4 is 5.30 Å². The Hall–Kier alpha value is -0.560. The first-order valence-electron chi connectivity index (χ1n) is 5.04. The van der Waals surface area contributed by atoms with Gasteiger partial charge in [-0.15, -0.1) is 0 Å². The number of halogens is 3. The summed E-state index contributed by atoms with van der Waals surface area (Å²) in [6.45, 7) is 7.84. The highest BCUT2D eigenvalue weighted by Crippen LogP contribution is 2.47. The van der Waals surface area contributed by atoms with Crippen molar-refractivity contribution >= 4 is 13.2 Å². The van der Waals surface area contributed by atoms with Gasteiger partial charge in [0.1, 0.15) is 0 Å². The molecule has 1 unspecified atom stereocenters. The van der Waals surface area contributed by atoms with Crippen LogP contribution in [0.3, 0.4) is 0 Å². The van der Waals surface area contributed by atoms with Gasteiger partial charge in [0.05, 0.1) is 5.56 Å². The quantitative estimate of drug-likeness (QED) is 0.652. The predicted octanol–water partition coefficient (Wildman–Crippen LogP) is 4.24. The molecule has 1 aromatic carbocycles. The Morgan fingerprint density at radius 2 is 1.50 bits per heavy atom. The van der Waals surface area contributed by atoms with E-state index >= 15 is 0 Å². The zero-order chi connectivity index (χ0) is 12.6. The molecule has 0 aliphatic carbocycles. The third-order valence-electron chi connectivity index (χ3n) is 2.58. The molecular weight excluding hydrogens is 232 g/mol. The maximum atomic E-state index is 12.8. The lowest BCUT2D eigenvalue weighted by atomic mass is 10.2. The van der Waals surface area contributed by atoms with Crippen LogP contribution in [0.4, 0.5) is 13.2 Å². The van der Waals surface area contributed by atoms with E-state index in [-0.39, 0.29) is 5.16 Å². The fraction of sp³-hybridized carbons (Fsp3) is 0.500. The van der Waals surface area contributed by atoms with Crippen LogP contribution in [0.2, 0.25) is 0 Å². The van der Waals surface area contributed by atoms with Crippen molar-refractivity contribution in [2.24, 2.45) is 0 Å². The molecule has 1 rings (SSSR count). The zero-order valence-corrected chi connectivity index (χ0v) is 10.8. The van der Waals surface area contributed by atoms with E-state index in [9.17, 15) is 13.2 Å². The van der Waals surface area contributed by atoms with Gasteiger partial charge in [-0.2, -0.15) is 13.2 Å². The minimum Gasteiger partial charge on any atom is -0.166 e. The molecule has 16 heavy (non-hydrogen) atoms. The van der Waals surface area contributed by atoms with Crippen molar-refractivity contribution in [3.63, 3.8) is 0 Å². The van der Waals surface area contributed by atoms with Crippen LogP contribution in [0.1, 0.15) is 26.3 Å². The Labute approximate surface area is 95.6 Å². The molecule has 0 spiro atoms. The molecule has 0 heterocycles. The second kappa shape index (κ2) is 4.37. The first-order chi connectivity index (χ1) is 7.14.